The summed E-state index contributed by atoms with van der Waals surface area (Å²) in [4.78, 5) is 34.8. The van der Waals surface area contributed by atoms with Crippen molar-refractivity contribution in [3.05, 3.63) is 101 Å². The zero-order valence-electron chi connectivity index (χ0n) is 40.4. The minimum Gasteiger partial charge on any atom is -0.437 e. The number of rotatable bonds is 6. The summed E-state index contributed by atoms with van der Waals surface area (Å²) < 4.78 is 96.7. The van der Waals surface area contributed by atoms with Crippen LogP contribution in [0.2, 0.25) is 0 Å². The number of ether oxygens (including phenoxy) is 1. The molecule has 9 rings (SSSR count). The van der Waals surface area contributed by atoms with E-state index < -0.39 is 49.6 Å². The maximum atomic E-state index is 13.5. The molecule has 6 aromatic rings. The highest BCUT2D eigenvalue weighted by Crippen LogP contribution is 2.41. The molecule has 3 unspecified atom stereocenters. The Kier molecular flexibility index (Phi) is 16.4. The van der Waals surface area contributed by atoms with Gasteiger partial charge in [0.25, 0.3) is 11.8 Å². The number of aliphatic hydroxyl groups is 1. The Morgan fingerprint density at radius 2 is 1.23 bits per heavy atom. The lowest BCUT2D eigenvalue weighted by Gasteiger charge is -2.25. The lowest BCUT2D eigenvalue weighted by molar-refractivity contribution is 0.0956. The Bertz CT molecular complexity index is 3180. The summed E-state index contributed by atoms with van der Waals surface area (Å²) in [5, 5.41) is 16.8. The third-order valence-corrected chi connectivity index (χ3v) is 14.9. The average Bonchev–Trinajstić information content (AvgIpc) is 4.09. The van der Waals surface area contributed by atoms with Crippen LogP contribution >= 0.6 is 0 Å². The molecule has 1 fully saturated rings. The highest BCUT2D eigenvalue weighted by atomic mass is 32.2. The van der Waals surface area contributed by atoms with E-state index in [4.69, 9.17) is 21.4 Å². The molecule has 16 nitrogen and oxygen atoms in total. The number of allylic oxidation sites excluding steroid dienone is 2. The van der Waals surface area contributed by atoms with Gasteiger partial charge in [0.1, 0.15) is 36.8 Å². The van der Waals surface area contributed by atoms with E-state index in [-0.39, 0.29) is 64.2 Å². The summed E-state index contributed by atoms with van der Waals surface area (Å²) >= 11 is 0. The number of aliphatic hydroxyl groups excluding tert-OH is 1. The van der Waals surface area contributed by atoms with Crippen LogP contribution in [0.25, 0.3) is 50.4 Å². The fourth-order valence-corrected chi connectivity index (χ4v) is 10.6. The Morgan fingerprint density at radius 1 is 0.732 bits per heavy atom. The van der Waals surface area contributed by atoms with Gasteiger partial charge in [-0.3, -0.25) is 18.2 Å². The summed E-state index contributed by atoms with van der Waals surface area (Å²) in [6.07, 6.45) is 9.92. The number of sulfonamides is 2. The molecular weight excluding hydrogens is 958 g/mol. The summed E-state index contributed by atoms with van der Waals surface area (Å²) in [5.41, 5.74) is 3.70. The first-order valence-electron chi connectivity index (χ1n) is 23.3. The van der Waals surface area contributed by atoms with Crippen molar-refractivity contribution in [1.82, 2.24) is 20.6 Å². The van der Waals surface area contributed by atoms with Crippen molar-refractivity contribution in [2.75, 3.05) is 54.9 Å². The van der Waals surface area contributed by atoms with Gasteiger partial charge in [-0.05, 0) is 125 Å². The first-order chi connectivity index (χ1) is 33.7. The van der Waals surface area contributed by atoms with E-state index >= 15 is 0 Å². The van der Waals surface area contributed by atoms with E-state index in [9.17, 15) is 40.3 Å². The van der Waals surface area contributed by atoms with Gasteiger partial charge in [-0.25, -0.2) is 25.6 Å². The van der Waals surface area contributed by atoms with Gasteiger partial charge < -0.3 is 29.3 Å². The number of pyridine rings is 2. The molecule has 0 saturated carbocycles. The molecule has 2 aromatic carbocycles. The number of furan rings is 2. The maximum Gasteiger partial charge on any atom is 0.255 e. The van der Waals surface area contributed by atoms with Crippen LogP contribution in [0.3, 0.4) is 0 Å². The number of nitrogens with one attached hydrogen (secondary N) is 2. The van der Waals surface area contributed by atoms with Gasteiger partial charge in [0.05, 0.1) is 40.5 Å². The zero-order valence-corrected chi connectivity index (χ0v) is 42.1. The molecule has 0 bridgehead atoms. The van der Waals surface area contributed by atoms with Gasteiger partial charge in [0.15, 0.2) is 5.82 Å². The standard InChI is InChI=1S/C23H26FN3O5S.C23H24FN3O4S.C4H7BO/c1-13-16-12-17-19(22(29)25-2)20(14-7-9-15(24)10-8-14)32-23(17)26-21(16)27(33(3,30)31)11-5-4-6-18(13)28;1-14-7-5-4-6-12-27(32(3,29)30)21-17(14)13-18-19(22(28)25-2)20(31-23(18)26-21)15-8-10-16(24)11-9-15;5-4-2-1-3-6-4/h7-10,12-13,18,28H,4-6,11H2,1-3H3,(H,25,29);7-11,13H,4-6,12H2,1-3H3,(H,25,28);4H,1-3H2/b;14-7+;. The van der Waals surface area contributed by atoms with Crippen LogP contribution in [0.15, 0.2) is 75.6 Å². The molecular formula is C50H57BF2N6O10S2. The number of benzene rings is 2. The number of nitrogens with zero attached hydrogens (tertiary/aromatic N) is 4. The van der Waals surface area contributed by atoms with Crippen LogP contribution in [-0.2, 0) is 24.8 Å². The first kappa shape index (κ1) is 52.7. The van der Waals surface area contributed by atoms with Gasteiger partial charge in [-0.2, -0.15) is 9.97 Å². The third kappa shape index (κ3) is 11.8. The molecule has 2 amide bonds. The second kappa shape index (κ2) is 22.1. The van der Waals surface area contributed by atoms with Crippen LogP contribution in [0.4, 0.5) is 20.4 Å². The smallest absolute Gasteiger partial charge is 0.255 e. The first-order valence-corrected chi connectivity index (χ1v) is 27.0. The Balaban J connectivity index is 0.000000186. The molecule has 1 saturated heterocycles. The van der Waals surface area contributed by atoms with Gasteiger partial charge in [0.2, 0.25) is 31.5 Å². The van der Waals surface area contributed by atoms with E-state index in [1.54, 1.807) is 12.1 Å². The van der Waals surface area contributed by atoms with Crippen molar-refractivity contribution in [2.45, 2.75) is 83.2 Å². The van der Waals surface area contributed by atoms with Crippen molar-refractivity contribution in [3.63, 3.8) is 0 Å². The number of halogens is 2. The van der Waals surface area contributed by atoms with Gasteiger partial charge >= 0.3 is 0 Å². The number of aromatic nitrogens is 2. The topological polar surface area (TPSA) is 214 Å². The molecule has 0 aliphatic carbocycles. The molecule has 3 aliphatic heterocycles. The summed E-state index contributed by atoms with van der Waals surface area (Å²) in [6, 6.07) is 14.6. The second-order valence-electron chi connectivity index (χ2n) is 17.7. The molecule has 0 spiro atoms. The predicted molar refractivity (Wildman–Crippen MR) is 270 cm³/mol. The van der Waals surface area contributed by atoms with Crippen molar-refractivity contribution >= 4 is 79.1 Å². The van der Waals surface area contributed by atoms with E-state index in [2.05, 4.69) is 26.7 Å². The number of hydrogen-bond acceptors (Lipinski definition) is 12. The third-order valence-electron chi connectivity index (χ3n) is 12.6. The SMILES string of the molecule is CNC(=O)c1c(-c2ccc(F)cc2)oc2nc3c(cc12)/C(C)=C/CCCCN3S(C)(=O)=O.CNC(=O)c1c(-c2ccc(F)cc2)oc2nc3c(cc12)C(C)C(O)CCCCN3S(C)(=O)=O.[B]C1CCCO1. The average molecular weight is 1010 g/mol. The summed E-state index contributed by atoms with van der Waals surface area (Å²) in [7, 11) is 1.06. The lowest BCUT2D eigenvalue weighted by atomic mass is 9.92. The number of carbonyl (C=O) groups is 2. The summed E-state index contributed by atoms with van der Waals surface area (Å²) in [5.74, 6) is -1.17. The fraction of sp³-hybridized carbons (Fsp3) is 0.400. The zero-order chi connectivity index (χ0) is 51.4. The van der Waals surface area contributed by atoms with Crippen molar-refractivity contribution in [3.8, 4) is 22.6 Å². The Hall–Kier alpha value is -6.16. The van der Waals surface area contributed by atoms with Gasteiger partial charge in [0, 0.05) is 68.0 Å². The number of anilines is 2. The van der Waals surface area contributed by atoms with Crippen molar-refractivity contribution in [1.29, 1.82) is 0 Å². The maximum absolute atomic E-state index is 13.5. The minimum atomic E-state index is -3.66. The molecule has 21 heteroatoms. The van der Waals surface area contributed by atoms with Crippen LogP contribution in [-0.4, -0.2) is 110 Å². The molecule has 3 N–H and O–H groups in total. The van der Waals surface area contributed by atoms with Crippen LogP contribution in [0, 0.1) is 11.6 Å². The lowest BCUT2D eigenvalue weighted by Crippen LogP contribution is -2.32. The number of hydrogen-bond donors (Lipinski definition) is 3. The highest BCUT2D eigenvalue weighted by molar-refractivity contribution is 7.92. The van der Waals surface area contributed by atoms with E-state index in [1.165, 1.54) is 71.2 Å². The summed E-state index contributed by atoms with van der Waals surface area (Å²) in [6.45, 7) is 5.10. The van der Waals surface area contributed by atoms with E-state index in [0.29, 0.717) is 65.3 Å². The van der Waals surface area contributed by atoms with E-state index in [1.807, 2.05) is 13.8 Å². The minimum absolute atomic E-state index is 0.0463. The normalized spacial score (nSPS) is 19.4. The molecule has 2 radical (unpaired) electrons. The molecule has 71 heavy (non-hydrogen) atoms. The van der Waals surface area contributed by atoms with Crippen molar-refractivity contribution in [2.24, 2.45) is 0 Å². The Labute approximate surface area is 413 Å². The molecule has 7 heterocycles. The van der Waals surface area contributed by atoms with E-state index in [0.717, 1.165) is 50.4 Å². The highest BCUT2D eigenvalue weighted by Gasteiger charge is 2.33. The van der Waals surface area contributed by atoms with Crippen LogP contribution in [0.5, 0.6) is 0 Å². The Morgan fingerprint density at radius 3 is 1.69 bits per heavy atom. The van der Waals surface area contributed by atoms with Crippen LogP contribution < -0.4 is 19.2 Å². The number of carbonyl (C=O) groups excluding carboxylic acids is 2. The monoisotopic (exact) mass is 1010 g/mol. The fourth-order valence-electron chi connectivity index (χ4n) is 8.72. The number of amides is 2. The largest absolute Gasteiger partial charge is 0.437 e. The number of fused-ring (bicyclic) bond motifs is 4. The van der Waals surface area contributed by atoms with Gasteiger partial charge in [-0.1, -0.05) is 13.0 Å². The van der Waals surface area contributed by atoms with Gasteiger partial charge in [-0.15, -0.1) is 0 Å². The molecule has 376 valence electrons. The molecule has 4 aromatic heterocycles. The second-order valence-corrected chi connectivity index (χ2v) is 21.5. The quantitative estimate of drug-likeness (QED) is 0.135. The van der Waals surface area contributed by atoms with Crippen LogP contribution in [0.1, 0.15) is 103 Å². The molecule has 3 atom stereocenters. The molecule has 3 aliphatic rings. The predicted octanol–water partition coefficient (Wildman–Crippen LogP) is 8.05. The van der Waals surface area contributed by atoms with Crippen molar-refractivity contribution < 1.29 is 53.9 Å².